The molecule has 0 saturated carbocycles. The summed E-state index contributed by atoms with van der Waals surface area (Å²) in [5.74, 6) is 0. The third-order valence-electron chi connectivity index (χ3n) is 2.62. The first-order valence-electron chi connectivity index (χ1n) is 6.76. The van der Waals surface area contributed by atoms with E-state index in [1.54, 1.807) is 18.6 Å². The Morgan fingerprint density at radius 3 is 2.62 bits per heavy atom. The van der Waals surface area contributed by atoms with Crippen LogP contribution in [0, 0.1) is 0 Å². The van der Waals surface area contributed by atoms with Crippen LogP contribution in [0.2, 0.25) is 0 Å². The molecule has 2 aromatic heterocycles. The number of hydrogen-bond donors (Lipinski definition) is 1. The summed E-state index contributed by atoms with van der Waals surface area (Å²) < 4.78 is 5.17. The fraction of sp³-hybridized carbons (Fsp3) is 0.312. The van der Waals surface area contributed by atoms with E-state index < -0.39 is 11.7 Å². The molecule has 0 atom stereocenters. The van der Waals surface area contributed by atoms with Crippen LogP contribution in [0.4, 0.5) is 4.79 Å². The van der Waals surface area contributed by atoms with Gasteiger partial charge < -0.3 is 10.1 Å². The number of carbonyl (C=O) groups excluding carboxylic acids is 1. The Kier molecular flexibility index (Phi) is 4.52. The second kappa shape index (κ2) is 6.35. The summed E-state index contributed by atoms with van der Waals surface area (Å²) in [5, 5.41) is 2.70. The molecule has 0 unspecified atom stereocenters. The normalized spacial score (nSPS) is 11.0. The highest BCUT2D eigenvalue weighted by Crippen LogP contribution is 2.15. The van der Waals surface area contributed by atoms with Crippen molar-refractivity contribution < 1.29 is 9.53 Å². The quantitative estimate of drug-likeness (QED) is 0.940. The highest BCUT2D eigenvalue weighted by Gasteiger charge is 2.15. The molecular formula is C16H19N3O2. The fourth-order valence-electron chi connectivity index (χ4n) is 1.70. The summed E-state index contributed by atoms with van der Waals surface area (Å²) in [7, 11) is 0. The second-order valence-electron chi connectivity index (χ2n) is 5.65. The molecule has 0 spiro atoms. The van der Waals surface area contributed by atoms with Gasteiger partial charge in [0.05, 0.1) is 5.69 Å². The zero-order chi connectivity index (χ0) is 15.3. The average Bonchev–Trinajstić information content (AvgIpc) is 2.45. The van der Waals surface area contributed by atoms with E-state index in [2.05, 4.69) is 15.3 Å². The second-order valence-corrected chi connectivity index (χ2v) is 5.65. The number of ether oxygens (including phenoxy) is 1. The molecule has 0 bridgehead atoms. The van der Waals surface area contributed by atoms with Crippen molar-refractivity contribution in [1.82, 2.24) is 15.3 Å². The van der Waals surface area contributed by atoms with Crippen LogP contribution in [0.5, 0.6) is 0 Å². The molecule has 5 heteroatoms. The molecule has 0 aromatic carbocycles. The number of hydrogen-bond acceptors (Lipinski definition) is 4. The van der Waals surface area contributed by atoms with Gasteiger partial charge in [-0.25, -0.2) is 4.79 Å². The predicted octanol–water partition coefficient (Wildman–Crippen LogP) is 3.17. The summed E-state index contributed by atoms with van der Waals surface area (Å²) in [5.41, 5.74) is 2.23. The monoisotopic (exact) mass is 285 g/mol. The van der Waals surface area contributed by atoms with Crippen molar-refractivity contribution in [3.8, 4) is 11.3 Å². The Bertz CT molecular complexity index is 589. The number of nitrogens with one attached hydrogen (secondary N) is 1. The molecule has 0 saturated heterocycles. The summed E-state index contributed by atoms with van der Waals surface area (Å²) in [6, 6.07) is 7.65. The summed E-state index contributed by atoms with van der Waals surface area (Å²) >= 11 is 0. The Labute approximate surface area is 124 Å². The van der Waals surface area contributed by atoms with Crippen LogP contribution in [0.3, 0.4) is 0 Å². The van der Waals surface area contributed by atoms with Crippen molar-refractivity contribution in [3.05, 3.63) is 48.4 Å². The van der Waals surface area contributed by atoms with Crippen LogP contribution in [-0.2, 0) is 11.3 Å². The SMILES string of the molecule is CC(C)(C)OC(=O)NCc1ccc(-c2cccnc2)nc1. The van der Waals surface area contributed by atoms with E-state index in [1.807, 2.05) is 45.0 Å². The van der Waals surface area contributed by atoms with Crippen LogP contribution >= 0.6 is 0 Å². The van der Waals surface area contributed by atoms with E-state index in [0.717, 1.165) is 16.8 Å². The Hall–Kier alpha value is -2.43. The van der Waals surface area contributed by atoms with Crippen LogP contribution in [0.15, 0.2) is 42.9 Å². The van der Waals surface area contributed by atoms with Crippen LogP contribution in [0.25, 0.3) is 11.3 Å². The molecule has 21 heavy (non-hydrogen) atoms. The first-order chi connectivity index (χ1) is 9.94. The first kappa shape index (κ1) is 15.0. The topological polar surface area (TPSA) is 64.1 Å². The van der Waals surface area contributed by atoms with Crippen molar-refractivity contribution in [2.24, 2.45) is 0 Å². The maximum Gasteiger partial charge on any atom is 0.407 e. The molecule has 2 aromatic rings. The molecule has 1 N–H and O–H groups in total. The lowest BCUT2D eigenvalue weighted by Crippen LogP contribution is -2.32. The molecule has 0 aliphatic carbocycles. The largest absolute Gasteiger partial charge is 0.444 e. The first-order valence-corrected chi connectivity index (χ1v) is 6.76. The van der Waals surface area contributed by atoms with E-state index in [1.165, 1.54) is 0 Å². The lowest BCUT2D eigenvalue weighted by molar-refractivity contribution is 0.0523. The minimum absolute atomic E-state index is 0.384. The molecule has 5 nitrogen and oxygen atoms in total. The number of pyridine rings is 2. The van der Waals surface area contributed by atoms with Crippen molar-refractivity contribution in [3.63, 3.8) is 0 Å². The number of carbonyl (C=O) groups is 1. The van der Waals surface area contributed by atoms with Gasteiger partial charge in [-0.3, -0.25) is 9.97 Å². The van der Waals surface area contributed by atoms with Gasteiger partial charge in [-0.1, -0.05) is 6.07 Å². The van der Waals surface area contributed by atoms with E-state index in [-0.39, 0.29) is 0 Å². The fourth-order valence-corrected chi connectivity index (χ4v) is 1.70. The van der Waals surface area contributed by atoms with Gasteiger partial charge in [0.2, 0.25) is 0 Å². The third kappa shape index (κ3) is 4.87. The van der Waals surface area contributed by atoms with Crippen LogP contribution < -0.4 is 5.32 Å². The van der Waals surface area contributed by atoms with E-state index >= 15 is 0 Å². The van der Waals surface area contributed by atoms with Gasteiger partial charge in [-0.05, 0) is 44.5 Å². The minimum atomic E-state index is -0.494. The van der Waals surface area contributed by atoms with Gasteiger partial charge >= 0.3 is 6.09 Å². The number of nitrogens with zero attached hydrogens (tertiary/aromatic N) is 2. The number of rotatable bonds is 3. The molecule has 2 heterocycles. The van der Waals surface area contributed by atoms with Crippen molar-refractivity contribution in [2.45, 2.75) is 32.9 Å². The van der Waals surface area contributed by atoms with Crippen molar-refractivity contribution in [1.29, 1.82) is 0 Å². The smallest absolute Gasteiger partial charge is 0.407 e. The highest BCUT2D eigenvalue weighted by molar-refractivity contribution is 5.67. The standard InChI is InChI=1S/C16H19N3O2/c1-16(2,3)21-15(20)19-10-12-6-7-14(18-9-12)13-5-4-8-17-11-13/h4-9,11H,10H2,1-3H3,(H,19,20). The Morgan fingerprint density at radius 2 is 2.05 bits per heavy atom. The maximum absolute atomic E-state index is 11.6. The molecule has 2 rings (SSSR count). The van der Waals surface area contributed by atoms with Crippen molar-refractivity contribution >= 4 is 6.09 Å². The zero-order valence-electron chi connectivity index (χ0n) is 12.5. The van der Waals surface area contributed by atoms with Crippen molar-refractivity contribution in [2.75, 3.05) is 0 Å². The van der Waals surface area contributed by atoms with Gasteiger partial charge in [0.1, 0.15) is 5.60 Å². The van der Waals surface area contributed by atoms with Gasteiger partial charge in [0, 0.05) is 30.7 Å². The van der Waals surface area contributed by atoms with E-state index in [4.69, 9.17) is 4.74 Å². The van der Waals surface area contributed by atoms with E-state index in [0.29, 0.717) is 6.54 Å². The molecule has 0 aliphatic rings. The molecule has 0 fully saturated rings. The van der Waals surface area contributed by atoms with E-state index in [9.17, 15) is 4.79 Å². The minimum Gasteiger partial charge on any atom is -0.444 e. The lowest BCUT2D eigenvalue weighted by atomic mass is 10.1. The molecule has 0 radical (unpaired) electrons. The van der Waals surface area contributed by atoms with Gasteiger partial charge in [0.15, 0.2) is 0 Å². The Morgan fingerprint density at radius 1 is 1.24 bits per heavy atom. The van der Waals surface area contributed by atoms with Crippen LogP contribution in [-0.4, -0.2) is 21.7 Å². The third-order valence-corrected chi connectivity index (χ3v) is 2.62. The summed E-state index contributed by atoms with van der Waals surface area (Å²) in [4.78, 5) is 20.0. The molecule has 1 amide bonds. The summed E-state index contributed by atoms with van der Waals surface area (Å²) in [6.45, 7) is 5.87. The van der Waals surface area contributed by atoms with Gasteiger partial charge in [-0.2, -0.15) is 0 Å². The van der Waals surface area contributed by atoms with Gasteiger partial charge in [-0.15, -0.1) is 0 Å². The van der Waals surface area contributed by atoms with Crippen LogP contribution in [0.1, 0.15) is 26.3 Å². The number of aromatic nitrogens is 2. The maximum atomic E-state index is 11.6. The highest BCUT2D eigenvalue weighted by atomic mass is 16.6. The summed E-state index contributed by atoms with van der Waals surface area (Å²) in [6.07, 6.45) is 4.79. The number of alkyl carbamates (subject to hydrolysis) is 1. The number of amides is 1. The Balaban J connectivity index is 1.93. The average molecular weight is 285 g/mol. The lowest BCUT2D eigenvalue weighted by Gasteiger charge is -2.19. The molecule has 0 aliphatic heterocycles. The molecule has 110 valence electrons. The predicted molar refractivity (Wildman–Crippen MR) is 80.5 cm³/mol. The zero-order valence-corrected chi connectivity index (χ0v) is 12.5. The van der Waals surface area contributed by atoms with Gasteiger partial charge in [0.25, 0.3) is 0 Å². The molecular weight excluding hydrogens is 266 g/mol.